The van der Waals surface area contributed by atoms with Crippen LogP contribution in [0.25, 0.3) is 0 Å². The molecule has 1 unspecified atom stereocenters. The molecule has 3 aromatic carbocycles. The van der Waals surface area contributed by atoms with Crippen LogP contribution in [0.3, 0.4) is 0 Å². The third-order valence-corrected chi connectivity index (χ3v) is 6.29. The third-order valence-electron chi connectivity index (χ3n) is 4.80. The number of rotatable bonds is 9. The van der Waals surface area contributed by atoms with E-state index in [2.05, 4.69) is 10.0 Å². The molecule has 0 bridgehead atoms. The summed E-state index contributed by atoms with van der Waals surface area (Å²) < 4.78 is 28.4. The maximum absolute atomic E-state index is 12.9. The summed E-state index contributed by atoms with van der Waals surface area (Å²) in [6.45, 7) is 2.39. The van der Waals surface area contributed by atoms with Gasteiger partial charge in [0.15, 0.2) is 0 Å². The molecule has 30 heavy (non-hydrogen) atoms. The number of hydrogen-bond donors (Lipinski definition) is 2. The lowest BCUT2D eigenvalue weighted by Crippen LogP contribution is -2.34. The Bertz CT molecular complexity index is 1050. The van der Waals surface area contributed by atoms with Gasteiger partial charge in [0.1, 0.15) is 0 Å². The Labute approximate surface area is 178 Å². The van der Waals surface area contributed by atoms with Crippen LogP contribution in [0.1, 0.15) is 29.2 Å². The van der Waals surface area contributed by atoms with Crippen molar-refractivity contribution in [3.63, 3.8) is 0 Å². The number of benzene rings is 3. The maximum Gasteiger partial charge on any atom is 0.241 e. The number of amides is 1. The zero-order chi connectivity index (χ0) is 21.4. The molecule has 0 fully saturated rings. The summed E-state index contributed by atoms with van der Waals surface area (Å²) in [4.78, 5) is 12.7. The lowest BCUT2D eigenvalue weighted by Gasteiger charge is -2.19. The molecule has 6 heteroatoms. The molecule has 5 nitrogen and oxygen atoms in total. The Morgan fingerprint density at radius 1 is 0.867 bits per heavy atom. The highest BCUT2D eigenvalue weighted by molar-refractivity contribution is 7.89. The summed E-state index contributed by atoms with van der Waals surface area (Å²) in [6.07, 6.45) is 0.738. The highest BCUT2D eigenvalue weighted by Crippen LogP contribution is 2.20. The van der Waals surface area contributed by atoms with Crippen LogP contribution >= 0.6 is 0 Å². The van der Waals surface area contributed by atoms with Gasteiger partial charge in [0.2, 0.25) is 15.9 Å². The summed E-state index contributed by atoms with van der Waals surface area (Å²) in [6, 6.07) is 25.0. The van der Waals surface area contributed by atoms with Crippen LogP contribution in [0.5, 0.6) is 0 Å². The lowest BCUT2D eigenvalue weighted by atomic mass is 10.0. The van der Waals surface area contributed by atoms with Gasteiger partial charge >= 0.3 is 0 Å². The Kier molecular flexibility index (Phi) is 7.38. The number of carbonyl (C=O) groups is 1. The molecule has 2 N–H and O–H groups in total. The molecule has 0 saturated carbocycles. The van der Waals surface area contributed by atoms with E-state index in [-0.39, 0.29) is 17.2 Å². The van der Waals surface area contributed by atoms with Gasteiger partial charge in [0, 0.05) is 13.0 Å². The topological polar surface area (TPSA) is 75.3 Å². The average molecular weight is 423 g/mol. The molecule has 3 aromatic rings. The second-order valence-electron chi connectivity index (χ2n) is 7.19. The SMILES string of the molecule is Cc1ccc(S(=O)(=O)NC(CC(=O)NCCc2ccccc2)c2ccccc2)cc1. The van der Waals surface area contributed by atoms with Gasteiger partial charge in [-0.25, -0.2) is 13.1 Å². The number of hydrogen-bond acceptors (Lipinski definition) is 3. The zero-order valence-corrected chi connectivity index (χ0v) is 17.7. The molecule has 3 rings (SSSR count). The molecule has 0 aliphatic rings. The van der Waals surface area contributed by atoms with E-state index < -0.39 is 16.1 Å². The minimum Gasteiger partial charge on any atom is -0.356 e. The van der Waals surface area contributed by atoms with Crippen molar-refractivity contribution in [2.45, 2.75) is 30.7 Å². The highest BCUT2D eigenvalue weighted by atomic mass is 32.2. The van der Waals surface area contributed by atoms with Crippen LogP contribution in [-0.2, 0) is 21.2 Å². The van der Waals surface area contributed by atoms with E-state index in [9.17, 15) is 13.2 Å². The third kappa shape index (κ3) is 6.27. The molecule has 0 aromatic heterocycles. The van der Waals surface area contributed by atoms with Crippen molar-refractivity contribution in [2.75, 3.05) is 6.54 Å². The van der Waals surface area contributed by atoms with Crippen molar-refractivity contribution in [3.05, 3.63) is 102 Å². The number of sulfonamides is 1. The monoisotopic (exact) mass is 422 g/mol. The van der Waals surface area contributed by atoms with Gasteiger partial charge in [-0.2, -0.15) is 0 Å². The van der Waals surface area contributed by atoms with Crippen molar-refractivity contribution >= 4 is 15.9 Å². The molecule has 0 spiro atoms. The van der Waals surface area contributed by atoms with E-state index in [1.54, 1.807) is 24.3 Å². The Hall–Kier alpha value is -2.96. The maximum atomic E-state index is 12.9. The van der Waals surface area contributed by atoms with Crippen LogP contribution in [-0.4, -0.2) is 20.9 Å². The van der Waals surface area contributed by atoms with E-state index in [1.807, 2.05) is 67.6 Å². The molecular formula is C24H26N2O3S. The summed E-state index contributed by atoms with van der Waals surface area (Å²) in [5.74, 6) is -0.202. The smallest absolute Gasteiger partial charge is 0.241 e. The van der Waals surface area contributed by atoms with Crippen LogP contribution in [0, 0.1) is 6.92 Å². The predicted octanol–water partition coefficient (Wildman–Crippen LogP) is 3.76. The molecule has 1 amide bonds. The second-order valence-corrected chi connectivity index (χ2v) is 8.90. The predicted molar refractivity (Wildman–Crippen MR) is 118 cm³/mol. The molecular weight excluding hydrogens is 396 g/mol. The Morgan fingerprint density at radius 2 is 1.47 bits per heavy atom. The standard InChI is InChI=1S/C24H26N2O3S/c1-19-12-14-22(15-13-19)30(28,29)26-23(21-10-6-3-7-11-21)18-24(27)25-17-16-20-8-4-2-5-9-20/h2-15,23,26H,16-18H2,1H3,(H,25,27). The van der Waals surface area contributed by atoms with Gasteiger partial charge in [-0.05, 0) is 36.6 Å². The molecule has 1 atom stereocenters. The first kappa shape index (κ1) is 21.7. The van der Waals surface area contributed by atoms with E-state index >= 15 is 0 Å². The van der Waals surface area contributed by atoms with E-state index in [4.69, 9.17) is 0 Å². The van der Waals surface area contributed by atoms with Crippen molar-refractivity contribution in [1.82, 2.24) is 10.0 Å². The summed E-state index contributed by atoms with van der Waals surface area (Å²) >= 11 is 0. The molecule has 0 saturated heterocycles. The molecule has 0 radical (unpaired) electrons. The minimum atomic E-state index is -3.76. The van der Waals surface area contributed by atoms with Crippen molar-refractivity contribution in [2.24, 2.45) is 0 Å². The fourth-order valence-corrected chi connectivity index (χ4v) is 4.36. The van der Waals surface area contributed by atoms with Crippen LogP contribution in [0.4, 0.5) is 0 Å². The first-order valence-electron chi connectivity index (χ1n) is 9.88. The van der Waals surface area contributed by atoms with Crippen LogP contribution < -0.4 is 10.0 Å². The summed E-state index contributed by atoms with van der Waals surface area (Å²) in [5.41, 5.74) is 2.86. The van der Waals surface area contributed by atoms with E-state index in [1.165, 1.54) is 0 Å². The van der Waals surface area contributed by atoms with Crippen LogP contribution in [0.15, 0.2) is 89.8 Å². The fraction of sp³-hybridized carbons (Fsp3) is 0.208. The Morgan fingerprint density at radius 3 is 2.10 bits per heavy atom. The molecule has 0 aliphatic heterocycles. The van der Waals surface area contributed by atoms with Gasteiger partial charge in [-0.1, -0.05) is 78.4 Å². The largest absolute Gasteiger partial charge is 0.356 e. The van der Waals surface area contributed by atoms with Crippen molar-refractivity contribution < 1.29 is 13.2 Å². The van der Waals surface area contributed by atoms with Crippen molar-refractivity contribution in [1.29, 1.82) is 0 Å². The normalized spacial score (nSPS) is 12.3. The van der Waals surface area contributed by atoms with Crippen LogP contribution in [0.2, 0.25) is 0 Å². The van der Waals surface area contributed by atoms with E-state index in [0.717, 1.165) is 23.1 Å². The average Bonchev–Trinajstić information content (AvgIpc) is 2.75. The van der Waals surface area contributed by atoms with Gasteiger partial charge < -0.3 is 5.32 Å². The molecule has 156 valence electrons. The van der Waals surface area contributed by atoms with Gasteiger partial charge in [-0.15, -0.1) is 0 Å². The van der Waals surface area contributed by atoms with Gasteiger partial charge in [-0.3, -0.25) is 4.79 Å². The highest BCUT2D eigenvalue weighted by Gasteiger charge is 2.23. The first-order valence-corrected chi connectivity index (χ1v) is 11.4. The quantitative estimate of drug-likeness (QED) is 0.551. The number of nitrogens with one attached hydrogen (secondary N) is 2. The van der Waals surface area contributed by atoms with E-state index in [0.29, 0.717) is 6.54 Å². The second kappa shape index (κ2) is 10.2. The van der Waals surface area contributed by atoms with Gasteiger partial charge in [0.25, 0.3) is 0 Å². The minimum absolute atomic E-state index is 0.0178. The molecule has 0 aliphatic carbocycles. The number of aryl methyl sites for hydroxylation is 1. The zero-order valence-electron chi connectivity index (χ0n) is 16.9. The van der Waals surface area contributed by atoms with Crippen molar-refractivity contribution in [3.8, 4) is 0 Å². The Balaban J connectivity index is 1.68. The lowest BCUT2D eigenvalue weighted by molar-refractivity contribution is -0.121. The fourth-order valence-electron chi connectivity index (χ4n) is 3.13. The van der Waals surface area contributed by atoms with Gasteiger partial charge in [0.05, 0.1) is 10.9 Å². The summed E-state index contributed by atoms with van der Waals surface area (Å²) in [5, 5.41) is 2.89. The summed E-state index contributed by atoms with van der Waals surface area (Å²) in [7, 11) is -3.76. The number of carbonyl (C=O) groups excluding carboxylic acids is 1. The first-order chi connectivity index (χ1) is 14.4. The molecule has 0 heterocycles.